The molecular formula is C20H22ClNS2. The highest BCUT2D eigenvalue weighted by Crippen LogP contribution is 2.47. The standard InChI is InChI=1S/C20H21NS2.ClH/c1-12-6-4-8-14-17(16-10-5-11-22-16)18-13-7-2-3-9-15(13)23-20(18)21-19(12)14;/h5,10-12H,2-4,6-9H2,1H3;1H. The molecule has 2 aliphatic carbocycles. The van der Waals surface area contributed by atoms with Gasteiger partial charge in [-0.3, -0.25) is 0 Å². The molecule has 24 heavy (non-hydrogen) atoms. The molecule has 4 heteroatoms. The first-order chi connectivity index (χ1) is 11.3. The quantitative estimate of drug-likeness (QED) is 0.457. The molecule has 0 spiro atoms. The van der Waals surface area contributed by atoms with Gasteiger partial charge in [-0.15, -0.1) is 35.1 Å². The summed E-state index contributed by atoms with van der Waals surface area (Å²) in [5.74, 6) is 0.612. The molecule has 0 N–H and O–H groups in total. The van der Waals surface area contributed by atoms with E-state index in [2.05, 4.69) is 24.4 Å². The second-order valence-corrected chi connectivity index (χ2v) is 9.04. The highest BCUT2D eigenvalue weighted by Gasteiger charge is 2.28. The van der Waals surface area contributed by atoms with Crippen LogP contribution in [0.5, 0.6) is 0 Å². The Morgan fingerprint density at radius 1 is 1.08 bits per heavy atom. The van der Waals surface area contributed by atoms with Crippen molar-refractivity contribution in [1.29, 1.82) is 0 Å². The Kier molecular flexibility index (Phi) is 4.44. The van der Waals surface area contributed by atoms with Crippen molar-refractivity contribution < 1.29 is 0 Å². The van der Waals surface area contributed by atoms with Crippen LogP contribution < -0.4 is 0 Å². The average Bonchev–Trinajstić information content (AvgIpc) is 3.21. The van der Waals surface area contributed by atoms with Gasteiger partial charge in [-0.25, -0.2) is 4.98 Å². The molecule has 0 saturated heterocycles. The molecule has 3 aromatic heterocycles. The highest BCUT2D eigenvalue weighted by molar-refractivity contribution is 7.19. The van der Waals surface area contributed by atoms with Crippen molar-refractivity contribution in [2.24, 2.45) is 0 Å². The van der Waals surface area contributed by atoms with E-state index >= 15 is 0 Å². The molecule has 1 unspecified atom stereocenters. The smallest absolute Gasteiger partial charge is 0.124 e. The van der Waals surface area contributed by atoms with E-state index in [1.54, 1.807) is 21.6 Å². The van der Waals surface area contributed by atoms with Crippen LogP contribution in [0.4, 0.5) is 0 Å². The molecule has 3 heterocycles. The fraction of sp³-hybridized carbons (Fsp3) is 0.450. The van der Waals surface area contributed by atoms with Crippen molar-refractivity contribution in [3.63, 3.8) is 0 Å². The van der Waals surface area contributed by atoms with E-state index in [9.17, 15) is 0 Å². The maximum Gasteiger partial charge on any atom is 0.124 e. The summed E-state index contributed by atoms with van der Waals surface area (Å²) >= 11 is 3.88. The van der Waals surface area contributed by atoms with Gasteiger partial charge in [0.15, 0.2) is 0 Å². The molecule has 0 bridgehead atoms. The fourth-order valence-corrected chi connectivity index (χ4v) is 6.50. The topological polar surface area (TPSA) is 12.9 Å². The highest BCUT2D eigenvalue weighted by atomic mass is 35.5. The van der Waals surface area contributed by atoms with Crippen LogP contribution >= 0.6 is 35.1 Å². The lowest BCUT2D eigenvalue weighted by atomic mass is 9.83. The zero-order valence-electron chi connectivity index (χ0n) is 13.9. The van der Waals surface area contributed by atoms with E-state index in [0.717, 1.165) is 0 Å². The van der Waals surface area contributed by atoms with Crippen molar-refractivity contribution in [2.45, 2.75) is 57.8 Å². The summed E-state index contributed by atoms with van der Waals surface area (Å²) in [5.41, 5.74) is 6.13. The number of hydrogen-bond acceptors (Lipinski definition) is 3. The van der Waals surface area contributed by atoms with Crippen LogP contribution in [0, 0.1) is 0 Å². The van der Waals surface area contributed by atoms with Gasteiger partial charge in [-0.05, 0) is 73.4 Å². The van der Waals surface area contributed by atoms with Gasteiger partial charge in [0.1, 0.15) is 4.83 Å². The summed E-state index contributed by atoms with van der Waals surface area (Å²) in [7, 11) is 0. The van der Waals surface area contributed by atoms with Crippen LogP contribution in [0.25, 0.3) is 20.7 Å². The van der Waals surface area contributed by atoms with Gasteiger partial charge in [-0.1, -0.05) is 13.0 Å². The monoisotopic (exact) mass is 375 g/mol. The van der Waals surface area contributed by atoms with E-state index in [-0.39, 0.29) is 12.4 Å². The van der Waals surface area contributed by atoms with E-state index in [1.807, 2.05) is 22.7 Å². The van der Waals surface area contributed by atoms with Crippen LogP contribution in [0.1, 0.15) is 60.2 Å². The molecule has 3 aromatic rings. The number of thiophene rings is 2. The molecular weight excluding hydrogens is 354 g/mol. The van der Waals surface area contributed by atoms with Crippen LogP contribution in [-0.4, -0.2) is 4.98 Å². The molecule has 0 aliphatic heterocycles. The van der Waals surface area contributed by atoms with Crippen molar-refractivity contribution in [3.05, 3.63) is 39.2 Å². The van der Waals surface area contributed by atoms with Crippen molar-refractivity contribution >= 4 is 45.3 Å². The van der Waals surface area contributed by atoms with Gasteiger partial charge in [0, 0.05) is 26.4 Å². The number of aryl methyl sites for hydroxylation is 2. The first-order valence-corrected chi connectivity index (χ1v) is 10.5. The molecule has 0 fully saturated rings. The van der Waals surface area contributed by atoms with Gasteiger partial charge >= 0.3 is 0 Å². The molecule has 0 aromatic carbocycles. The Hall–Kier alpha value is -0.900. The lowest BCUT2D eigenvalue weighted by Crippen LogP contribution is -2.11. The number of nitrogens with zero attached hydrogens (tertiary/aromatic N) is 1. The summed E-state index contributed by atoms with van der Waals surface area (Å²) in [5, 5.41) is 3.74. The zero-order valence-corrected chi connectivity index (χ0v) is 16.4. The number of pyridine rings is 1. The minimum atomic E-state index is 0. The molecule has 1 nitrogen and oxygen atoms in total. The van der Waals surface area contributed by atoms with Crippen LogP contribution in [0.15, 0.2) is 17.5 Å². The average molecular weight is 376 g/mol. The SMILES string of the molecule is CC1CCCc2c1nc1sc3c(c1c2-c1cccs1)CCCC3.Cl. The van der Waals surface area contributed by atoms with Crippen molar-refractivity contribution in [1.82, 2.24) is 4.98 Å². The predicted octanol–water partition coefficient (Wildman–Crippen LogP) is 6.77. The number of fused-ring (bicyclic) bond motifs is 4. The van der Waals surface area contributed by atoms with Gasteiger partial charge in [0.2, 0.25) is 0 Å². The molecule has 0 radical (unpaired) electrons. The third-order valence-electron chi connectivity index (χ3n) is 5.53. The Labute approximate surface area is 157 Å². The zero-order chi connectivity index (χ0) is 15.4. The Morgan fingerprint density at radius 2 is 1.92 bits per heavy atom. The normalized spacial score (nSPS) is 19.6. The maximum atomic E-state index is 5.20. The minimum absolute atomic E-state index is 0. The number of rotatable bonds is 1. The van der Waals surface area contributed by atoms with Gasteiger partial charge in [0.25, 0.3) is 0 Å². The second kappa shape index (κ2) is 6.44. The van der Waals surface area contributed by atoms with Gasteiger partial charge in [0.05, 0.1) is 0 Å². The number of halogens is 1. The first-order valence-electron chi connectivity index (χ1n) is 8.84. The lowest BCUT2D eigenvalue weighted by molar-refractivity contribution is 0.577. The van der Waals surface area contributed by atoms with E-state index in [0.29, 0.717) is 5.92 Å². The number of aromatic nitrogens is 1. The third kappa shape index (κ3) is 2.44. The van der Waals surface area contributed by atoms with Crippen LogP contribution in [-0.2, 0) is 19.3 Å². The van der Waals surface area contributed by atoms with Gasteiger partial charge < -0.3 is 0 Å². The summed E-state index contributed by atoms with van der Waals surface area (Å²) in [6.07, 6.45) is 9.03. The van der Waals surface area contributed by atoms with Gasteiger partial charge in [-0.2, -0.15) is 0 Å². The fourth-order valence-electron chi connectivity index (χ4n) is 4.42. The Morgan fingerprint density at radius 3 is 2.75 bits per heavy atom. The first kappa shape index (κ1) is 16.6. The molecule has 126 valence electrons. The van der Waals surface area contributed by atoms with Crippen LogP contribution in [0.2, 0.25) is 0 Å². The summed E-state index contributed by atoms with van der Waals surface area (Å²) in [6.45, 7) is 2.36. The predicted molar refractivity (Wildman–Crippen MR) is 108 cm³/mol. The number of hydrogen-bond donors (Lipinski definition) is 0. The second-order valence-electron chi connectivity index (χ2n) is 7.01. The third-order valence-corrected chi connectivity index (χ3v) is 7.61. The maximum absolute atomic E-state index is 5.20. The van der Waals surface area contributed by atoms with Crippen molar-refractivity contribution in [3.8, 4) is 10.4 Å². The Bertz CT molecular complexity index is 879. The minimum Gasteiger partial charge on any atom is -0.241 e. The Balaban J connectivity index is 0.00000146. The molecule has 5 rings (SSSR count). The molecule has 0 amide bonds. The summed E-state index contributed by atoms with van der Waals surface area (Å²) in [6, 6.07) is 4.51. The lowest BCUT2D eigenvalue weighted by Gasteiger charge is -2.24. The summed E-state index contributed by atoms with van der Waals surface area (Å²) < 4.78 is 0. The van der Waals surface area contributed by atoms with E-state index < -0.39 is 0 Å². The molecule has 0 saturated carbocycles. The van der Waals surface area contributed by atoms with Crippen molar-refractivity contribution in [2.75, 3.05) is 0 Å². The summed E-state index contributed by atoms with van der Waals surface area (Å²) in [4.78, 5) is 9.58. The van der Waals surface area contributed by atoms with E-state index in [4.69, 9.17) is 4.98 Å². The van der Waals surface area contributed by atoms with Crippen LogP contribution in [0.3, 0.4) is 0 Å². The molecule has 1 atom stereocenters. The van der Waals surface area contributed by atoms with E-state index in [1.165, 1.54) is 65.7 Å². The molecule has 2 aliphatic rings. The largest absolute Gasteiger partial charge is 0.241 e.